The second kappa shape index (κ2) is 6.80. The van der Waals surface area contributed by atoms with Gasteiger partial charge in [0, 0.05) is 29.5 Å². The van der Waals surface area contributed by atoms with Crippen LogP contribution in [-0.2, 0) is 17.8 Å². The molecule has 21 heavy (non-hydrogen) atoms. The van der Waals surface area contributed by atoms with Crippen LogP contribution in [0.15, 0.2) is 16.6 Å². The SMILES string of the molecule is CCN(CC(=O)O)C(=O)NCc1cc(Br)cc2c1OCC2. The standard InChI is InChI=1S/C14H17BrN2O4/c1-2-17(8-12(18)19)14(20)16-7-10-6-11(15)5-9-3-4-21-13(9)10/h5-6H,2-4,7-8H2,1H3,(H,16,20)(H,18,19). The summed E-state index contributed by atoms with van der Waals surface area (Å²) in [7, 11) is 0. The van der Waals surface area contributed by atoms with Crippen LogP contribution in [-0.4, -0.2) is 41.7 Å². The van der Waals surface area contributed by atoms with Gasteiger partial charge in [0.05, 0.1) is 6.61 Å². The van der Waals surface area contributed by atoms with Crippen LogP contribution in [0.2, 0.25) is 0 Å². The van der Waals surface area contributed by atoms with Gasteiger partial charge in [-0.15, -0.1) is 0 Å². The summed E-state index contributed by atoms with van der Waals surface area (Å²) in [6, 6.07) is 3.51. The van der Waals surface area contributed by atoms with Gasteiger partial charge in [-0.2, -0.15) is 0 Å². The third-order valence-corrected chi connectivity index (χ3v) is 3.71. The quantitative estimate of drug-likeness (QED) is 0.845. The summed E-state index contributed by atoms with van der Waals surface area (Å²) in [4.78, 5) is 23.9. The zero-order valence-electron chi connectivity index (χ0n) is 11.7. The van der Waals surface area contributed by atoms with Crippen LogP contribution >= 0.6 is 15.9 Å². The molecule has 2 amide bonds. The second-order valence-corrected chi connectivity index (χ2v) is 5.63. The topological polar surface area (TPSA) is 78.9 Å². The minimum Gasteiger partial charge on any atom is -0.493 e. The minimum absolute atomic E-state index is 0.302. The van der Waals surface area contributed by atoms with Crippen molar-refractivity contribution in [1.29, 1.82) is 0 Å². The number of benzene rings is 1. The van der Waals surface area contributed by atoms with Gasteiger partial charge in [-0.1, -0.05) is 15.9 Å². The Kier molecular flexibility index (Phi) is 5.06. The maximum atomic E-state index is 12.0. The van der Waals surface area contributed by atoms with Gasteiger partial charge in [-0.25, -0.2) is 4.79 Å². The van der Waals surface area contributed by atoms with Crippen molar-refractivity contribution >= 4 is 27.9 Å². The van der Waals surface area contributed by atoms with Crippen molar-refractivity contribution in [3.05, 3.63) is 27.7 Å². The number of carbonyl (C=O) groups is 2. The molecule has 0 saturated carbocycles. The molecule has 7 heteroatoms. The van der Waals surface area contributed by atoms with Crippen LogP contribution < -0.4 is 10.1 Å². The van der Waals surface area contributed by atoms with E-state index in [1.807, 2.05) is 12.1 Å². The average Bonchev–Trinajstić information content (AvgIpc) is 2.89. The lowest BCUT2D eigenvalue weighted by atomic mass is 10.1. The minimum atomic E-state index is -1.03. The zero-order chi connectivity index (χ0) is 15.4. The van der Waals surface area contributed by atoms with E-state index in [0.29, 0.717) is 19.7 Å². The molecular formula is C14H17BrN2O4. The van der Waals surface area contributed by atoms with Crippen molar-refractivity contribution in [2.45, 2.75) is 19.9 Å². The van der Waals surface area contributed by atoms with Crippen molar-refractivity contribution in [3.8, 4) is 5.75 Å². The number of nitrogens with one attached hydrogen (secondary N) is 1. The van der Waals surface area contributed by atoms with Gasteiger partial charge in [0.1, 0.15) is 12.3 Å². The first kappa shape index (κ1) is 15.6. The largest absolute Gasteiger partial charge is 0.493 e. The Balaban J connectivity index is 2.03. The predicted molar refractivity (Wildman–Crippen MR) is 80.5 cm³/mol. The number of carbonyl (C=O) groups excluding carboxylic acids is 1. The number of aliphatic carboxylic acids is 1. The lowest BCUT2D eigenvalue weighted by Crippen LogP contribution is -2.42. The number of halogens is 1. The van der Waals surface area contributed by atoms with E-state index in [-0.39, 0.29) is 6.54 Å². The third-order valence-electron chi connectivity index (χ3n) is 3.25. The van der Waals surface area contributed by atoms with Gasteiger partial charge in [-0.05, 0) is 24.6 Å². The summed E-state index contributed by atoms with van der Waals surface area (Å²) in [5.41, 5.74) is 2.00. The molecule has 2 N–H and O–H groups in total. The van der Waals surface area contributed by atoms with Crippen LogP contribution in [0.1, 0.15) is 18.1 Å². The van der Waals surface area contributed by atoms with Crippen molar-refractivity contribution in [1.82, 2.24) is 10.2 Å². The highest BCUT2D eigenvalue weighted by atomic mass is 79.9. The molecule has 0 fully saturated rings. The molecule has 0 spiro atoms. The Morgan fingerprint density at radius 2 is 2.24 bits per heavy atom. The maximum absolute atomic E-state index is 12.0. The van der Waals surface area contributed by atoms with E-state index >= 15 is 0 Å². The Labute approximate surface area is 131 Å². The lowest BCUT2D eigenvalue weighted by molar-refractivity contribution is -0.137. The fourth-order valence-corrected chi connectivity index (χ4v) is 2.80. The van der Waals surface area contributed by atoms with Gasteiger partial charge in [0.25, 0.3) is 0 Å². The van der Waals surface area contributed by atoms with Crippen LogP contribution in [0.5, 0.6) is 5.75 Å². The average molecular weight is 357 g/mol. The van der Waals surface area contributed by atoms with E-state index < -0.39 is 12.0 Å². The number of nitrogens with zero attached hydrogens (tertiary/aromatic N) is 1. The fourth-order valence-electron chi connectivity index (χ4n) is 2.25. The number of carboxylic acids is 1. The van der Waals surface area contributed by atoms with Gasteiger partial charge in [0.15, 0.2) is 0 Å². The first-order valence-corrected chi connectivity index (χ1v) is 7.49. The molecule has 0 saturated heterocycles. The van der Waals surface area contributed by atoms with Crippen LogP contribution in [0.4, 0.5) is 4.79 Å². The summed E-state index contributed by atoms with van der Waals surface area (Å²) in [6.45, 7) is 2.71. The molecule has 0 aliphatic carbocycles. The molecule has 0 radical (unpaired) electrons. The van der Waals surface area contributed by atoms with Crippen LogP contribution in [0, 0.1) is 0 Å². The molecule has 2 rings (SSSR count). The Morgan fingerprint density at radius 1 is 1.48 bits per heavy atom. The van der Waals surface area contributed by atoms with Crippen molar-refractivity contribution in [2.24, 2.45) is 0 Å². The van der Waals surface area contributed by atoms with E-state index in [1.165, 1.54) is 4.90 Å². The van der Waals surface area contributed by atoms with Crippen molar-refractivity contribution < 1.29 is 19.4 Å². The number of rotatable bonds is 5. The summed E-state index contributed by atoms with van der Waals surface area (Å²) in [5.74, 6) is -0.210. The molecule has 1 aliphatic heterocycles. The molecule has 0 atom stereocenters. The van der Waals surface area contributed by atoms with Gasteiger partial charge >= 0.3 is 12.0 Å². The molecule has 114 valence electrons. The van der Waals surface area contributed by atoms with Gasteiger partial charge in [0.2, 0.25) is 0 Å². The number of carboxylic acid groups (broad SMARTS) is 1. The summed E-state index contributed by atoms with van der Waals surface area (Å²) >= 11 is 3.44. The summed E-state index contributed by atoms with van der Waals surface area (Å²) in [5, 5.41) is 11.5. The molecule has 0 unspecified atom stereocenters. The Hall–Kier alpha value is -1.76. The van der Waals surface area contributed by atoms with E-state index in [4.69, 9.17) is 9.84 Å². The number of ether oxygens (including phenoxy) is 1. The molecule has 1 heterocycles. The zero-order valence-corrected chi connectivity index (χ0v) is 13.3. The van der Waals surface area contributed by atoms with Gasteiger partial charge in [-0.3, -0.25) is 4.79 Å². The highest BCUT2D eigenvalue weighted by Crippen LogP contribution is 2.32. The molecular weight excluding hydrogens is 340 g/mol. The highest BCUT2D eigenvalue weighted by molar-refractivity contribution is 9.10. The van der Waals surface area contributed by atoms with Crippen molar-refractivity contribution in [3.63, 3.8) is 0 Å². The van der Waals surface area contributed by atoms with Crippen LogP contribution in [0.25, 0.3) is 0 Å². The van der Waals surface area contributed by atoms with E-state index in [2.05, 4.69) is 21.2 Å². The number of urea groups is 1. The fraction of sp³-hybridized carbons (Fsp3) is 0.429. The third kappa shape index (κ3) is 3.87. The number of fused-ring (bicyclic) bond motifs is 1. The smallest absolute Gasteiger partial charge is 0.323 e. The first-order valence-electron chi connectivity index (χ1n) is 6.70. The predicted octanol–water partition coefficient (Wildman–Crippen LogP) is 2.00. The molecule has 1 aliphatic rings. The van der Waals surface area contributed by atoms with Crippen LogP contribution in [0.3, 0.4) is 0 Å². The summed E-state index contributed by atoms with van der Waals surface area (Å²) in [6.07, 6.45) is 0.857. The Morgan fingerprint density at radius 3 is 2.90 bits per heavy atom. The lowest BCUT2D eigenvalue weighted by Gasteiger charge is -2.19. The van der Waals surface area contributed by atoms with Crippen molar-refractivity contribution in [2.75, 3.05) is 19.7 Å². The molecule has 0 aromatic heterocycles. The molecule has 1 aromatic rings. The monoisotopic (exact) mass is 356 g/mol. The first-order chi connectivity index (χ1) is 10.0. The number of hydrogen-bond acceptors (Lipinski definition) is 3. The van der Waals surface area contributed by atoms with Gasteiger partial charge < -0.3 is 20.1 Å². The number of hydrogen-bond donors (Lipinski definition) is 2. The highest BCUT2D eigenvalue weighted by Gasteiger charge is 2.19. The molecule has 0 bridgehead atoms. The van der Waals surface area contributed by atoms with E-state index in [0.717, 1.165) is 27.8 Å². The van der Waals surface area contributed by atoms with E-state index in [1.54, 1.807) is 6.92 Å². The maximum Gasteiger partial charge on any atom is 0.323 e. The number of likely N-dealkylation sites (N-methyl/N-ethyl adjacent to an activating group) is 1. The Bertz CT molecular complexity index is 562. The molecule has 1 aromatic carbocycles. The van der Waals surface area contributed by atoms with E-state index in [9.17, 15) is 9.59 Å². The normalized spacial score (nSPS) is 12.5. The molecule has 6 nitrogen and oxygen atoms in total. The summed E-state index contributed by atoms with van der Waals surface area (Å²) < 4.78 is 6.53. The second-order valence-electron chi connectivity index (χ2n) is 4.72. The number of amides is 2.